The number of nitrogens with one attached hydrogen (secondary N) is 1. The average Bonchev–Trinajstić information content (AvgIpc) is 3.22. The van der Waals surface area contributed by atoms with Crippen LogP contribution in [0.15, 0.2) is 24.3 Å². The highest BCUT2D eigenvalue weighted by Crippen LogP contribution is 2.22. The first-order chi connectivity index (χ1) is 15.7. The quantitative estimate of drug-likeness (QED) is 0.660. The minimum absolute atomic E-state index is 0.00482. The number of ether oxygens (including phenoxy) is 3. The van der Waals surface area contributed by atoms with E-state index in [4.69, 9.17) is 14.2 Å². The molecular formula is C23H30N4O5. The number of amides is 2. The third-order valence-electron chi connectivity index (χ3n) is 5.84. The predicted octanol–water partition coefficient (Wildman–Crippen LogP) is 1.19. The molecule has 1 aromatic heterocycles. The van der Waals surface area contributed by atoms with Crippen molar-refractivity contribution in [1.82, 2.24) is 20.0 Å². The lowest BCUT2D eigenvalue weighted by atomic mass is 10.1. The molecule has 2 aliphatic heterocycles. The Morgan fingerprint density at radius 3 is 2.66 bits per heavy atom. The molecule has 1 aromatic carbocycles. The van der Waals surface area contributed by atoms with E-state index >= 15 is 0 Å². The molecule has 2 aliphatic rings. The molecule has 172 valence electrons. The molecule has 1 fully saturated rings. The molecule has 3 heterocycles. The number of benzene rings is 1. The van der Waals surface area contributed by atoms with E-state index in [-0.39, 0.29) is 11.8 Å². The standard InChI is InChI=1S/C23H30N4O5/c1-30-18-5-2-17(3-6-18)4-7-21(28)24-9-10-27-20-8-13-32-16-19(20)22(25-27)23(29)26-11-14-31-15-12-26/h2-3,5-6H,4,7-16H2,1H3,(H,24,28). The lowest BCUT2D eigenvalue weighted by Gasteiger charge is -2.26. The van der Waals surface area contributed by atoms with Crippen molar-refractivity contribution in [2.45, 2.75) is 32.4 Å². The Kier molecular flexibility index (Phi) is 7.39. The predicted molar refractivity (Wildman–Crippen MR) is 117 cm³/mol. The summed E-state index contributed by atoms with van der Waals surface area (Å²) in [5.74, 6) is 0.727. The summed E-state index contributed by atoms with van der Waals surface area (Å²) in [5, 5.41) is 7.58. The second-order valence-electron chi connectivity index (χ2n) is 7.90. The van der Waals surface area contributed by atoms with Gasteiger partial charge in [0.25, 0.3) is 5.91 Å². The van der Waals surface area contributed by atoms with Crippen molar-refractivity contribution in [2.75, 3.05) is 46.6 Å². The number of carbonyl (C=O) groups excluding carboxylic acids is 2. The van der Waals surface area contributed by atoms with E-state index in [0.717, 1.165) is 22.6 Å². The highest BCUT2D eigenvalue weighted by atomic mass is 16.5. The van der Waals surface area contributed by atoms with Gasteiger partial charge in [-0.25, -0.2) is 0 Å². The van der Waals surface area contributed by atoms with Gasteiger partial charge in [-0.1, -0.05) is 12.1 Å². The first-order valence-electron chi connectivity index (χ1n) is 11.1. The Morgan fingerprint density at radius 2 is 1.91 bits per heavy atom. The number of morpholine rings is 1. The Morgan fingerprint density at radius 1 is 1.12 bits per heavy atom. The summed E-state index contributed by atoms with van der Waals surface area (Å²) in [6, 6.07) is 7.73. The molecule has 32 heavy (non-hydrogen) atoms. The Hall–Kier alpha value is -2.91. The van der Waals surface area contributed by atoms with E-state index in [0.29, 0.717) is 77.6 Å². The number of rotatable bonds is 8. The Balaban J connectivity index is 1.32. The zero-order valence-corrected chi connectivity index (χ0v) is 18.5. The summed E-state index contributed by atoms with van der Waals surface area (Å²) in [7, 11) is 1.63. The highest BCUT2D eigenvalue weighted by Gasteiger charge is 2.29. The first-order valence-corrected chi connectivity index (χ1v) is 11.1. The number of carbonyl (C=O) groups is 2. The van der Waals surface area contributed by atoms with Crippen LogP contribution in [0, 0.1) is 0 Å². The number of fused-ring (bicyclic) bond motifs is 1. The normalized spacial score (nSPS) is 15.8. The smallest absolute Gasteiger partial charge is 0.274 e. The SMILES string of the molecule is COc1ccc(CCC(=O)NCCn2nc(C(=O)N3CCOCC3)c3c2CCOC3)cc1. The van der Waals surface area contributed by atoms with E-state index in [1.54, 1.807) is 12.0 Å². The van der Waals surface area contributed by atoms with Crippen LogP contribution in [-0.4, -0.2) is 73.1 Å². The van der Waals surface area contributed by atoms with Crippen molar-refractivity contribution < 1.29 is 23.8 Å². The molecule has 2 aromatic rings. The van der Waals surface area contributed by atoms with Crippen LogP contribution < -0.4 is 10.1 Å². The monoisotopic (exact) mass is 442 g/mol. The van der Waals surface area contributed by atoms with E-state index < -0.39 is 0 Å². The lowest BCUT2D eigenvalue weighted by molar-refractivity contribution is -0.121. The van der Waals surface area contributed by atoms with Gasteiger partial charge in [-0.2, -0.15) is 5.10 Å². The molecule has 1 N–H and O–H groups in total. The number of aromatic nitrogens is 2. The Bertz CT molecular complexity index is 935. The van der Waals surface area contributed by atoms with E-state index in [1.807, 2.05) is 28.9 Å². The van der Waals surface area contributed by atoms with Crippen LogP contribution in [0.2, 0.25) is 0 Å². The van der Waals surface area contributed by atoms with Crippen molar-refractivity contribution >= 4 is 11.8 Å². The van der Waals surface area contributed by atoms with Crippen LogP contribution in [0.4, 0.5) is 0 Å². The molecular weight excluding hydrogens is 412 g/mol. The van der Waals surface area contributed by atoms with Gasteiger partial charge in [0.15, 0.2) is 5.69 Å². The van der Waals surface area contributed by atoms with Crippen LogP contribution in [0.5, 0.6) is 5.75 Å². The molecule has 0 atom stereocenters. The second kappa shape index (κ2) is 10.6. The summed E-state index contributed by atoms with van der Waals surface area (Å²) >= 11 is 0. The number of hydrogen-bond donors (Lipinski definition) is 1. The fourth-order valence-electron chi connectivity index (χ4n) is 4.02. The maximum Gasteiger partial charge on any atom is 0.274 e. The van der Waals surface area contributed by atoms with Gasteiger partial charge in [0.05, 0.1) is 40.1 Å². The largest absolute Gasteiger partial charge is 0.497 e. The van der Waals surface area contributed by atoms with Gasteiger partial charge in [0.1, 0.15) is 5.75 Å². The van der Waals surface area contributed by atoms with Crippen LogP contribution in [0.1, 0.15) is 33.7 Å². The van der Waals surface area contributed by atoms with Crippen LogP contribution >= 0.6 is 0 Å². The number of hydrogen-bond acceptors (Lipinski definition) is 6. The lowest BCUT2D eigenvalue weighted by Crippen LogP contribution is -2.41. The maximum atomic E-state index is 13.0. The van der Waals surface area contributed by atoms with Gasteiger partial charge in [-0.15, -0.1) is 0 Å². The third kappa shape index (κ3) is 5.28. The minimum Gasteiger partial charge on any atom is -0.497 e. The molecule has 0 radical (unpaired) electrons. The van der Waals surface area contributed by atoms with Crippen LogP contribution in [-0.2, 0) is 40.3 Å². The summed E-state index contributed by atoms with van der Waals surface area (Å²) in [4.78, 5) is 27.1. The highest BCUT2D eigenvalue weighted by molar-refractivity contribution is 5.94. The first kappa shape index (κ1) is 22.3. The molecule has 4 rings (SSSR count). The molecule has 0 spiro atoms. The van der Waals surface area contributed by atoms with Crippen LogP contribution in [0.25, 0.3) is 0 Å². The molecule has 2 amide bonds. The summed E-state index contributed by atoms with van der Waals surface area (Å²) in [5.41, 5.74) is 3.46. The number of methoxy groups -OCH3 is 1. The summed E-state index contributed by atoms with van der Waals surface area (Å²) in [6.07, 6.45) is 1.80. The van der Waals surface area contributed by atoms with Gasteiger partial charge in [0.2, 0.25) is 5.91 Å². The van der Waals surface area contributed by atoms with E-state index in [2.05, 4.69) is 10.4 Å². The molecule has 9 nitrogen and oxygen atoms in total. The molecule has 9 heteroatoms. The number of nitrogens with zero attached hydrogens (tertiary/aromatic N) is 3. The van der Waals surface area contributed by atoms with E-state index in [9.17, 15) is 9.59 Å². The fourth-order valence-corrected chi connectivity index (χ4v) is 4.02. The van der Waals surface area contributed by atoms with Crippen molar-refractivity contribution in [3.05, 3.63) is 46.8 Å². The van der Waals surface area contributed by atoms with Gasteiger partial charge in [0, 0.05) is 43.7 Å². The van der Waals surface area contributed by atoms with Gasteiger partial charge in [-0.3, -0.25) is 14.3 Å². The van der Waals surface area contributed by atoms with Gasteiger partial charge >= 0.3 is 0 Å². The van der Waals surface area contributed by atoms with Gasteiger partial charge < -0.3 is 24.4 Å². The van der Waals surface area contributed by atoms with Crippen LogP contribution in [0.3, 0.4) is 0 Å². The molecule has 1 saturated heterocycles. The summed E-state index contributed by atoms with van der Waals surface area (Å²) in [6.45, 7) is 4.24. The maximum absolute atomic E-state index is 13.0. The molecule has 0 unspecified atom stereocenters. The second-order valence-corrected chi connectivity index (χ2v) is 7.90. The molecule has 0 bridgehead atoms. The van der Waals surface area contributed by atoms with E-state index in [1.165, 1.54) is 0 Å². The van der Waals surface area contributed by atoms with Crippen molar-refractivity contribution in [1.29, 1.82) is 0 Å². The topological polar surface area (TPSA) is 94.9 Å². The summed E-state index contributed by atoms with van der Waals surface area (Å²) < 4.78 is 18.0. The fraction of sp³-hybridized carbons (Fsp3) is 0.522. The minimum atomic E-state index is -0.0719. The van der Waals surface area contributed by atoms with Crippen molar-refractivity contribution in [3.63, 3.8) is 0 Å². The molecule has 0 aliphatic carbocycles. The zero-order chi connectivity index (χ0) is 22.3. The Labute approximate surface area is 187 Å². The average molecular weight is 443 g/mol. The zero-order valence-electron chi connectivity index (χ0n) is 18.5. The third-order valence-corrected chi connectivity index (χ3v) is 5.84. The molecule has 0 saturated carbocycles. The van der Waals surface area contributed by atoms with Crippen molar-refractivity contribution in [3.8, 4) is 5.75 Å². The number of aryl methyl sites for hydroxylation is 1. The van der Waals surface area contributed by atoms with Crippen molar-refractivity contribution in [2.24, 2.45) is 0 Å². The van der Waals surface area contributed by atoms with Gasteiger partial charge in [-0.05, 0) is 24.1 Å².